The van der Waals surface area contributed by atoms with Crippen LogP contribution < -0.4 is 5.73 Å². The quantitative estimate of drug-likeness (QED) is 0.848. The summed E-state index contributed by atoms with van der Waals surface area (Å²) in [7, 11) is 0. The van der Waals surface area contributed by atoms with E-state index in [0.29, 0.717) is 5.92 Å². The van der Waals surface area contributed by atoms with E-state index in [1.54, 1.807) is 6.20 Å². The van der Waals surface area contributed by atoms with Gasteiger partial charge in [-0.2, -0.15) is 0 Å². The molecule has 0 fully saturated rings. The first-order valence-electron chi connectivity index (χ1n) is 5.93. The summed E-state index contributed by atoms with van der Waals surface area (Å²) in [5.74, 6) is 1.26. The number of rotatable bonds is 4. The fraction of sp³-hybridized carbons (Fsp3) is 0.385. The lowest BCUT2D eigenvalue weighted by Crippen LogP contribution is -2.19. The molecule has 2 unspecified atom stereocenters. The largest absolute Gasteiger partial charge is 0.341 e. The van der Waals surface area contributed by atoms with Gasteiger partial charge in [-0.3, -0.25) is 4.98 Å². The van der Waals surface area contributed by atoms with Crippen molar-refractivity contribution in [2.24, 2.45) is 11.7 Å². The minimum Gasteiger partial charge on any atom is -0.341 e. The standard InChI is InChI=1S/C13H18N4/c1-3-9(2)12(14)13-16-8-11(17-13)10-5-4-6-15-7-10/h4-9,12H,3,14H2,1-2H3,(H,16,17). The summed E-state index contributed by atoms with van der Waals surface area (Å²) in [5, 5.41) is 0. The molecule has 0 amide bonds. The predicted octanol–water partition coefficient (Wildman–Crippen LogP) is 2.52. The zero-order valence-corrected chi connectivity index (χ0v) is 10.2. The average molecular weight is 230 g/mol. The SMILES string of the molecule is CCC(C)C(N)c1ncc(-c2cccnc2)[nH]1. The van der Waals surface area contributed by atoms with Crippen molar-refractivity contribution >= 4 is 0 Å². The van der Waals surface area contributed by atoms with Crippen LogP contribution in [-0.4, -0.2) is 15.0 Å². The Morgan fingerprint density at radius 3 is 2.88 bits per heavy atom. The lowest BCUT2D eigenvalue weighted by Gasteiger charge is -2.15. The maximum Gasteiger partial charge on any atom is 0.123 e. The number of aromatic nitrogens is 3. The van der Waals surface area contributed by atoms with Crippen molar-refractivity contribution in [3.63, 3.8) is 0 Å². The van der Waals surface area contributed by atoms with Crippen LogP contribution in [0.2, 0.25) is 0 Å². The monoisotopic (exact) mass is 230 g/mol. The Kier molecular flexibility index (Phi) is 3.54. The first-order valence-corrected chi connectivity index (χ1v) is 5.93. The van der Waals surface area contributed by atoms with Gasteiger partial charge >= 0.3 is 0 Å². The van der Waals surface area contributed by atoms with Gasteiger partial charge in [0.2, 0.25) is 0 Å². The Labute approximate surface area is 101 Å². The lowest BCUT2D eigenvalue weighted by molar-refractivity contribution is 0.441. The van der Waals surface area contributed by atoms with Crippen LogP contribution in [0.4, 0.5) is 0 Å². The molecule has 0 aliphatic carbocycles. The number of aromatic amines is 1. The number of nitrogens with two attached hydrogens (primary N) is 1. The number of nitrogens with one attached hydrogen (secondary N) is 1. The molecule has 0 aliphatic rings. The van der Waals surface area contributed by atoms with E-state index in [2.05, 4.69) is 28.8 Å². The highest BCUT2D eigenvalue weighted by Crippen LogP contribution is 2.22. The third kappa shape index (κ3) is 2.53. The molecule has 90 valence electrons. The summed E-state index contributed by atoms with van der Waals surface area (Å²) < 4.78 is 0. The fourth-order valence-corrected chi connectivity index (χ4v) is 1.70. The molecule has 17 heavy (non-hydrogen) atoms. The first-order chi connectivity index (χ1) is 8.22. The highest BCUT2D eigenvalue weighted by atomic mass is 15.0. The van der Waals surface area contributed by atoms with Crippen molar-refractivity contribution in [2.75, 3.05) is 0 Å². The van der Waals surface area contributed by atoms with E-state index in [0.717, 1.165) is 23.5 Å². The summed E-state index contributed by atoms with van der Waals surface area (Å²) in [6, 6.07) is 3.87. The molecule has 0 aliphatic heterocycles. The van der Waals surface area contributed by atoms with E-state index in [9.17, 15) is 0 Å². The highest BCUT2D eigenvalue weighted by Gasteiger charge is 2.16. The van der Waals surface area contributed by atoms with Crippen LogP contribution in [0, 0.1) is 5.92 Å². The van der Waals surface area contributed by atoms with E-state index in [1.807, 2.05) is 24.5 Å². The van der Waals surface area contributed by atoms with Crippen LogP contribution >= 0.6 is 0 Å². The Morgan fingerprint density at radius 1 is 1.41 bits per heavy atom. The number of pyridine rings is 1. The van der Waals surface area contributed by atoms with Gasteiger partial charge in [0, 0.05) is 18.0 Å². The van der Waals surface area contributed by atoms with Crippen LogP contribution in [-0.2, 0) is 0 Å². The number of imidazole rings is 1. The van der Waals surface area contributed by atoms with Gasteiger partial charge in [-0.25, -0.2) is 4.98 Å². The smallest absolute Gasteiger partial charge is 0.123 e. The second-order valence-electron chi connectivity index (χ2n) is 4.34. The van der Waals surface area contributed by atoms with Gasteiger partial charge in [-0.05, 0) is 18.1 Å². The molecule has 0 radical (unpaired) electrons. The maximum atomic E-state index is 6.13. The summed E-state index contributed by atoms with van der Waals surface area (Å²) >= 11 is 0. The van der Waals surface area contributed by atoms with Gasteiger partial charge < -0.3 is 10.7 Å². The van der Waals surface area contributed by atoms with Gasteiger partial charge in [0.1, 0.15) is 5.82 Å². The van der Waals surface area contributed by atoms with Crippen molar-refractivity contribution in [1.82, 2.24) is 15.0 Å². The van der Waals surface area contributed by atoms with Crippen molar-refractivity contribution < 1.29 is 0 Å². The van der Waals surface area contributed by atoms with Gasteiger partial charge in [-0.15, -0.1) is 0 Å². The Hall–Kier alpha value is -1.68. The summed E-state index contributed by atoms with van der Waals surface area (Å²) in [6.45, 7) is 4.27. The van der Waals surface area contributed by atoms with Crippen molar-refractivity contribution in [2.45, 2.75) is 26.3 Å². The van der Waals surface area contributed by atoms with Crippen molar-refractivity contribution in [3.8, 4) is 11.3 Å². The first kappa shape index (κ1) is 11.8. The molecule has 2 heterocycles. The molecule has 0 saturated carbocycles. The maximum absolute atomic E-state index is 6.13. The van der Waals surface area contributed by atoms with E-state index >= 15 is 0 Å². The number of hydrogen-bond donors (Lipinski definition) is 2. The summed E-state index contributed by atoms with van der Waals surface area (Å²) in [5.41, 5.74) is 8.13. The predicted molar refractivity (Wildman–Crippen MR) is 68.2 cm³/mol. The van der Waals surface area contributed by atoms with Crippen LogP contribution in [0.15, 0.2) is 30.7 Å². The molecule has 2 aromatic heterocycles. The van der Waals surface area contributed by atoms with Crippen molar-refractivity contribution in [1.29, 1.82) is 0 Å². The zero-order chi connectivity index (χ0) is 12.3. The van der Waals surface area contributed by atoms with Gasteiger partial charge in [0.25, 0.3) is 0 Å². The molecule has 0 saturated heterocycles. The van der Waals surface area contributed by atoms with E-state index < -0.39 is 0 Å². The van der Waals surface area contributed by atoms with Crippen LogP contribution in [0.3, 0.4) is 0 Å². The molecule has 0 spiro atoms. The average Bonchev–Trinajstić information content (AvgIpc) is 2.87. The third-order valence-corrected chi connectivity index (χ3v) is 3.14. The van der Waals surface area contributed by atoms with Gasteiger partial charge in [0.15, 0.2) is 0 Å². The summed E-state index contributed by atoms with van der Waals surface area (Å²) in [4.78, 5) is 11.7. The molecule has 4 heteroatoms. The zero-order valence-electron chi connectivity index (χ0n) is 10.2. The molecule has 4 nitrogen and oxygen atoms in total. The van der Waals surface area contributed by atoms with E-state index in [1.165, 1.54) is 0 Å². The van der Waals surface area contributed by atoms with Crippen LogP contribution in [0.1, 0.15) is 32.1 Å². The van der Waals surface area contributed by atoms with Crippen LogP contribution in [0.5, 0.6) is 0 Å². The van der Waals surface area contributed by atoms with E-state index in [-0.39, 0.29) is 6.04 Å². The number of hydrogen-bond acceptors (Lipinski definition) is 3. The third-order valence-electron chi connectivity index (χ3n) is 3.14. The topological polar surface area (TPSA) is 67.6 Å². The highest BCUT2D eigenvalue weighted by molar-refractivity contribution is 5.56. The lowest BCUT2D eigenvalue weighted by atomic mass is 10.00. The molecular formula is C13H18N4. The number of nitrogens with zero attached hydrogens (tertiary/aromatic N) is 2. The molecule has 0 bridgehead atoms. The minimum absolute atomic E-state index is 0.0366. The minimum atomic E-state index is -0.0366. The second-order valence-corrected chi connectivity index (χ2v) is 4.34. The van der Waals surface area contributed by atoms with Crippen LogP contribution in [0.25, 0.3) is 11.3 Å². The van der Waals surface area contributed by atoms with Gasteiger partial charge in [-0.1, -0.05) is 20.3 Å². The molecule has 2 atom stereocenters. The Morgan fingerprint density at radius 2 is 2.24 bits per heavy atom. The molecule has 0 aromatic carbocycles. The van der Waals surface area contributed by atoms with Crippen molar-refractivity contribution in [3.05, 3.63) is 36.5 Å². The normalized spacial score (nSPS) is 14.5. The molecular weight excluding hydrogens is 212 g/mol. The Bertz CT molecular complexity index is 463. The molecule has 3 N–H and O–H groups in total. The Balaban J connectivity index is 2.22. The summed E-state index contributed by atoms with van der Waals surface area (Å²) in [6.07, 6.45) is 6.43. The second kappa shape index (κ2) is 5.10. The number of H-pyrrole nitrogens is 1. The molecule has 2 rings (SSSR count). The molecule has 2 aromatic rings. The van der Waals surface area contributed by atoms with Gasteiger partial charge in [0.05, 0.1) is 17.9 Å². The van der Waals surface area contributed by atoms with E-state index in [4.69, 9.17) is 5.73 Å². The fourth-order valence-electron chi connectivity index (χ4n) is 1.70.